The SMILES string of the molecule is COCCCCNC1CCSc2c(F)cccc21. The molecule has 0 aliphatic carbocycles. The fourth-order valence-electron chi connectivity index (χ4n) is 2.25. The summed E-state index contributed by atoms with van der Waals surface area (Å²) in [5, 5.41) is 3.53. The van der Waals surface area contributed by atoms with Crippen LogP contribution in [0, 0.1) is 5.82 Å². The fraction of sp³-hybridized carbons (Fsp3) is 0.571. The van der Waals surface area contributed by atoms with Crippen LogP contribution in [0.2, 0.25) is 0 Å². The van der Waals surface area contributed by atoms with E-state index in [1.165, 1.54) is 0 Å². The van der Waals surface area contributed by atoms with Crippen LogP contribution < -0.4 is 5.32 Å². The molecular formula is C14H20FNOS. The van der Waals surface area contributed by atoms with Crippen molar-refractivity contribution >= 4 is 11.8 Å². The summed E-state index contributed by atoms with van der Waals surface area (Å²) in [4.78, 5) is 0.832. The van der Waals surface area contributed by atoms with Gasteiger partial charge in [-0.15, -0.1) is 11.8 Å². The first-order chi connectivity index (χ1) is 8.83. The van der Waals surface area contributed by atoms with Gasteiger partial charge in [-0.2, -0.15) is 0 Å². The van der Waals surface area contributed by atoms with Crippen molar-refractivity contribution in [1.29, 1.82) is 0 Å². The molecule has 0 radical (unpaired) electrons. The highest BCUT2D eigenvalue weighted by Crippen LogP contribution is 2.37. The number of unbranched alkanes of at least 4 members (excludes halogenated alkanes) is 1. The minimum atomic E-state index is -0.0802. The van der Waals surface area contributed by atoms with E-state index in [9.17, 15) is 4.39 Å². The highest BCUT2D eigenvalue weighted by molar-refractivity contribution is 7.99. The van der Waals surface area contributed by atoms with E-state index in [0.29, 0.717) is 6.04 Å². The van der Waals surface area contributed by atoms with Crippen LogP contribution in [0.3, 0.4) is 0 Å². The molecule has 0 fully saturated rings. The van der Waals surface area contributed by atoms with Crippen molar-refractivity contribution in [3.8, 4) is 0 Å². The van der Waals surface area contributed by atoms with E-state index >= 15 is 0 Å². The molecule has 1 unspecified atom stereocenters. The van der Waals surface area contributed by atoms with E-state index in [1.54, 1.807) is 31.0 Å². The molecule has 1 atom stereocenters. The second-order valence-corrected chi connectivity index (χ2v) is 5.61. The monoisotopic (exact) mass is 269 g/mol. The second-order valence-electron chi connectivity index (χ2n) is 4.50. The summed E-state index contributed by atoms with van der Waals surface area (Å²) >= 11 is 1.63. The van der Waals surface area contributed by atoms with E-state index in [0.717, 1.165) is 48.6 Å². The van der Waals surface area contributed by atoms with Gasteiger partial charge < -0.3 is 10.1 Å². The van der Waals surface area contributed by atoms with Crippen LogP contribution in [-0.4, -0.2) is 26.0 Å². The zero-order chi connectivity index (χ0) is 12.8. The molecular weight excluding hydrogens is 249 g/mol. The van der Waals surface area contributed by atoms with Crippen molar-refractivity contribution in [2.24, 2.45) is 0 Å². The summed E-state index contributed by atoms with van der Waals surface area (Å²) < 4.78 is 18.7. The predicted molar refractivity (Wildman–Crippen MR) is 73.6 cm³/mol. The Labute approximate surface area is 112 Å². The molecule has 2 rings (SSSR count). The molecule has 0 saturated carbocycles. The van der Waals surface area contributed by atoms with E-state index < -0.39 is 0 Å². The molecule has 4 heteroatoms. The Bertz CT molecular complexity index is 386. The Hall–Kier alpha value is -0.580. The van der Waals surface area contributed by atoms with E-state index in [1.807, 2.05) is 6.07 Å². The van der Waals surface area contributed by atoms with Crippen LogP contribution in [-0.2, 0) is 4.74 Å². The normalized spacial score (nSPS) is 18.7. The summed E-state index contributed by atoms with van der Waals surface area (Å²) in [6.07, 6.45) is 3.24. The molecule has 18 heavy (non-hydrogen) atoms. The van der Waals surface area contributed by atoms with Gasteiger partial charge in [0.1, 0.15) is 5.82 Å². The van der Waals surface area contributed by atoms with E-state index in [2.05, 4.69) is 5.32 Å². The second kappa shape index (κ2) is 7.12. The molecule has 2 nitrogen and oxygen atoms in total. The molecule has 0 bridgehead atoms. The number of halogens is 1. The Kier molecular flexibility index (Phi) is 5.47. The van der Waals surface area contributed by atoms with Crippen molar-refractivity contribution in [2.75, 3.05) is 26.0 Å². The first kappa shape index (κ1) is 13.8. The van der Waals surface area contributed by atoms with Crippen LogP contribution in [0.1, 0.15) is 30.9 Å². The number of thioether (sulfide) groups is 1. The van der Waals surface area contributed by atoms with E-state index in [-0.39, 0.29) is 5.82 Å². The van der Waals surface area contributed by atoms with Gasteiger partial charge in [-0.3, -0.25) is 0 Å². The van der Waals surface area contributed by atoms with Crippen LogP contribution >= 0.6 is 11.8 Å². The standard InChI is InChI=1S/C14H20FNOS/c1-17-9-3-2-8-16-13-7-10-18-14-11(13)5-4-6-12(14)15/h4-6,13,16H,2-3,7-10H2,1H3. The van der Waals surface area contributed by atoms with E-state index in [4.69, 9.17) is 4.74 Å². The summed E-state index contributed by atoms with van der Waals surface area (Å²) in [6, 6.07) is 5.70. The van der Waals surface area contributed by atoms with Crippen molar-refractivity contribution in [3.05, 3.63) is 29.6 Å². The quantitative estimate of drug-likeness (QED) is 0.800. The van der Waals surface area contributed by atoms with Gasteiger partial charge in [0.25, 0.3) is 0 Å². The number of fused-ring (bicyclic) bond motifs is 1. The Balaban J connectivity index is 1.90. The smallest absolute Gasteiger partial charge is 0.137 e. The summed E-state index contributed by atoms with van der Waals surface area (Å²) in [5.41, 5.74) is 1.12. The first-order valence-electron chi connectivity index (χ1n) is 6.46. The van der Waals surface area contributed by atoms with Gasteiger partial charge in [0, 0.05) is 24.7 Å². The molecule has 100 valence electrons. The molecule has 1 aromatic rings. The fourth-order valence-corrected chi connectivity index (χ4v) is 3.39. The maximum atomic E-state index is 13.7. The summed E-state index contributed by atoms with van der Waals surface area (Å²) in [5.74, 6) is 0.910. The van der Waals surface area contributed by atoms with Gasteiger partial charge in [0.2, 0.25) is 0 Å². The lowest BCUT2D eigenvalue weighted by Gasteiger charge is -2.26. The third-order valence-electron chi connectivity index (χ3n) is 3.19. The molecule has 1 aromatic carbocycles. The Morgan fingerprint density at radius 2 is 2.33 bits per heavy atom. The van der Waals surface area contributed by atoms with Gasteiger partial charge >= 0.3 is 0 Å². The average molecular weight is 269 g/mol. The van der Waals surface area contributed by atoms with Gasteiger partial charge in [0.05, 0.1) is 0 Å². The Morgan fingerprint density at radius 1 is 1.44 bits per heavy atom. The number of ether oxygens (including phenoxy) is 1. The number of rotatable bonds is 6. The Morgan fingerprint density at radius 3 is 3.17 bits per heavy atom. The van der Waals surface area contributed by atoms with Crippen LogP contribution in [0.5, 0.6) is 0 Å². The zero-order valence-electron chi connectivity index (χ0n) is 10.7. The maximum absolute atomic E-state index is 13.7. The molecule has 1 N–H and O–H groups in total. The predicted octanol–water partition coefficient (Wildman–Crippen LogP) is 3.38. The van der Waals surface area contributed by atoms with Gasteiger partial charge in [-0.05, 0) is 43.2 Å². The maximum Gasteiger partial charge on any atom is 0.137 e. The number of methoxy groups -OCH3 is 1. The molecule has 0 amide bonds. The van der Waals surface area contributed by atoms with Crippen molar-refractivity contribution in [3.63, 3.8) is 0 Å². The molecule has 0 spiro atoms. The largest absolute Gasteiger partial charge is 0.385 e. The average Bonchev–Trinajstić information content (AvgIpc) is 2.39. The van der Waals surface area contributed by atoms with Crippen molar-refractivity contribution in [1.82, 2.24) is 5.32 Å². The number of hydrogen-bond donors (Lipinski definition) is 1. The third-order valence-corrected chi connectivity index (χ3v) is 4.35. The summed E-state index contributed by atoms with van der Waals surface area (Å²) in [6.45, 7) is 1.78. The van der Waals surface area contributed by atoms with Crippen LogP contribution in [0.25, 0.3) is 0 Å². The lowest BCUT2D eigenvalue weighted by atomic mass is 10.0. The molecule has 1 aliphatic heterocycles. The lowest BCUT2D eigenvalue weighted by molar-refractivity contribution is 0.192. The third kappa shape index (κ3) is 3.46. The van der Waals surface area contributed by atoms with Gasteiger partial charge in [0.15, 0.2) is 0 Å². The minimum Gasteiger partial charge on any atom is -0.385 e. The molecule has 1 heterocycles. The molecule has 1 aliphatic rings. The lowest BCUT2D eigenvalue weighted by Crippen LogP contribution is -2.26. The van der Waals surface area contributed by atoms with Crippen LogP contribution in [0.4, 0.5) is 4.39 Å². The highest BCUT2D eigenvalue weighted by Gasteiger charge is 2.22. The number of hydrogen-bond acceptors (Lipinski definition) is 3. The van der Waals surface area contributed by atoms with Crippen LogP contribution in [0.15, 0.2) is 23.1 Å². The van der Waals surface area contributed by atoms with Gasteiger partial charge in [-0.1, -0.05) is 12.1 Å². The van der Waals surface area contributed by atoms with Crippen molar-refractivity contribution in [2.45, 2.75) is 30.2 Å². The number of benzene rings is 1. The zero-order valence-corrected chi connectivity index (χ0v) is 11.6. The van der Waals surface area contributed by atoms with Crippen molar-refractivity contribution < 1.29 is 9.13 Å². The van der Waals surface area contributed by atoms with Gasteiger partial charge in [-0.25, -0.2) is 4.39 Å². The highest BCUT2D eigenvalue weighted by atomic mass is 32.2. The molecule has 0 saturated heterocycles. The molecule has 0 aromatic heterocycles. The number of nitrogens with one attached hydrogen (secondary N) is 1. The minimum absolute atomic E-state index is 0.0802. The topological polar surface area (TPSA) is 21.3 Å². The first-order valence-corrected chi connectivity index (χ1v) is 7.45. The summed E-state index contributed by atoms with van der Waals surface area (Å²) in [7, 11) is 1.73.